The molecule has 22 heavy (non-hydrogen) atoms. The van der Waals surface area contributed by atoms with Crippen LogP contribution in [0.1, 0.15) is 24.8 Å². The average molecular weight is 323 g/mol. The van der Waals surface area contributed by atoms with Crippen molar-refractivity contribution < 1.29 is 9.13 Å². The van der Waals surface area contributed by atoms with Crippen LogP contribution in [0.15, 0.2) is 45.6 Å². The molecular weight excluding hydrogens is 301 g/mol. The molecule has 0 amide bonds. The summed E-state index contributed by atoms with van der Waals surface area (Å²) in [4.78, 5) is 4.17. The van der Waals surface area contributed by atoms with Crippen molar-refractivity contribution in [2.75, 3.05) is 14.2 Å². The van der Waals surface area contributed by atoms with Gasteiger partial charge in [-0.3, -0.25) is 4.99 Å². The monoisotopic (exact) mass is 323 g/mol. The van der Waals surface area contributed by atoms with Crippen molar-refractivity contribution in [2.24, 2.45) is 15.1 Å². The summed E-state index contributed by atoms with van der Waals surface area (Å²) in [5, 5.41) is 0. The van der Waals surface area contributed by atoms with Crippen LogP contribution in [-0.4, -0.2) is 25.6 Å². The van der Waals surface area contributed by atoms with E-state index in [1.807, 2.05) is 0 Å². The Kier molecular flexibility index (Phi) is 8.28. The highest BCUT2D eigenvalue weighted by Crippen LogP contribution is 2.10. The third-order valence-corrected chi connectivity index (χ3v) is 3.54. The predicted molar refractivity (Wildman–Crippen MR) is 93.0 cm³/mol. The number of methoxy groups -OCH3 is 1. The molecule has 0 bridgehead atoms. The molecule has 0 aromatic heterocycles. The Morgan fingerprint density at radius 2 is 1.95 bits per heavy atom. The van der Waals surface area contributed by atoms with Crippen molar-refractivity contribution in [1.82, 2.24) is 0 Å². The smallest absolute Gasteiger partial charge is 0.185 e. The number of hydrogen-bond acceptors (Lipinski definition) is 5. The first-order valence-corrected chi connectivity index (χ1v) is 7.40. The van der Waals surface area contributed by atoms with E-state index in [1.54, 1.807) is 25.3 Å². The molecule has 0 heterocycles. The number of rotatable bonds is 8. The molecule has 120 valence electrons. The van der Waals surface area contributed by atoms with E-state index in [4.69, 9.17) is 10.5 Å². The SMILES string of the molecule is CN=C(C=C(N)OC)CC/C(CCc1ccc(F)cc1)=N\S. The van der Waals surface area contributed by atoms with Gasteiger partial charge in [-0.25, -0.2) is 8.79 Å². The minimum Gasteiger partial charge on any atom is -0.483 e. The van der Waals surface area contributed by atoms with Gasteiger partial charge < -0.3 is 10.5 Å². The van der Waals surface area contributed by atoms with E-state index in [0.29, 0.717) is 12.3 Å². The van der Waals surface area contributed by atoms with Crippen molar-refractivity contribution >= 4 is 24.2 Å². The van der Waals surface area contributed by atoms with E-state index in [9.17, 15) is 4.39 Å². The van der Waals surface area contributed by atoms with Crippen LogP contribution in [0.2, 0.25) is 0 Å². The normalized spacial score (nSPS) is 13.4. The maximum atomic E-state index is 12.9. The molecule has 0 aliphatic rings. The van der Waals surface area contributed by atoms with Crippen molar-refractivity contribution in [1.29, 1.82) is 0 Å². The summed E-state index contributed by atoms with van der Waals surface area (Å²) in [6, 6.07) is 6.50. The van der Waals surface area contributed by atoms with Gasteiger partial charge in [0, 0.05) is 24.5 Å². The molecule has 0 atom stereocenters. The number of benzene rings is 1. The van der Waals surface area contributed by atoms with Gasteiger partial charge in [-0.2, -0.15) is 0 Å². The summed E-state index contributed by atoms with van der Waals surface area (Å²) in [6.07, 6.45) is 4.73. The number of thiol groups is 1. The molecule has 4 nitrogen and oxygen atoms in total. The van der Waals surface area contributed by atoms with E-state index in [-0.39, 0.29) is 5.82 Å². The van der Waals surface area contributed by atoms with Crippen molar-refractivity contribution in [3.63, 3.8) is 0 Å². The third kappa shape index (κ3) is 6.76. The number of aryl methyl sites for hydroxylation is 1. The Balaban J connectivity index is 2.50. The van der Waals surface area contributed by atoms with Crippen molar-refractivity contribution in [2.45, 2.75) is 25.7 Å². The van der Waals surface area contributed by atoms with Crippen molar-refractivity contribution in [3.05, 3.63) is 47.6 Å². The average Bonchev–Trinajstić information content (AvgIpc) is 2.55. The van der Waals surface area contributed by atoms with Gasteiger partial charge in [-0.1, -0.05) is 12.1 Å². The largest absolute Gasteiger partial charge is 0.483 e. The van der Waals surface area contributed by atoms with E-state index in [1.165, 1.54) is 19.2 Å². The number of halogens is 1. The lowest BCUT2D eigenvalue weighted by molar-refractivity contribution is 0.288. The quantitative estimate of drug-likeness (QED) is 0.438. The van der Waals surface area contributed by atoms with Gasteiger partial charge in [0.15, 0.2) is 5.88 Å². The van der Waals surface area contributed by atoms with Crippen LogP contribution in [-0.2, 0) is 11.2 Å². The van der Waals surface area contributed by atoms with Crippen molar-refractivity contribution in [3.8, 4) is 0 Å². The van der Waals surface area contributed by atoms with E-state index >= 15 is 0 Å². The fourth-order valence-electron chi connectivity index (χ4n) is 1.91. The van der Waals surface area contributed by atoms with Crippen LogP contribution in [0.4, 0.5) is 4.39 Å². The van der Waals surface area contributed by atoms with Gasteiger partial charge in [0.1, 0.15) is 5.82 Å². The summed E-state index contributed by atoms with van der Waals surface area (Å²) >= 11 is 4.02. The van der Waals surface area contributed by atoms with Crippen LogP contribution < -0.4 is 5.73 Å². The van der Waals surface area contributed by atoms with Crippen LogP contribution in [0, 0.1) is 5.82 Å². The van der Waals surface area contributed by atoms with E-state index < -0.39 is 0 Å². The van der Waals surface area contributed by atoms with Gasteiger partial charge in [0.2, 0.25) is 0 Å². The minimum atomic E-state index is -0.224. The third-order valence-electron chi connectivity index (χ3n) is 3.26. The summed E-state index contributed by atoms with van der Waals surface area (Å²) in [5.74, 6) is 0.106. The van der Waals surface area contributed by atoms with Gasteiger partial charge in [0.25, 0.3) is 0 Å². The topological polar surface area (TPSA) is 60.0 Å². The number of hydrogen-bond donors (Lipinski definition) is 2. The first-order valence-electron chi connectivity index (χ1n) is 7.00. The molecule has 1 rings (SSSR count). The molecule has 0 saturated carbocycles. The maximum Gasteiger partial charge on any atom is 0.185 e. The molecule has 0 saturated heterocycles. The Morgan fingerprint density at radius 1 is 1.27 bits per heavy atom. The fraction of sp³-hybridized carbons (Fsp3) is 0.375. The second-order valence-electron chi connectivity index (χ2n) is 4.76. The Bertz CT molecular complexity index is 553. The Hall–Kier alpha value is -1.82. The highest BCUT2D eigenvalue weighted by Gasteiger charge is 2.04. The van der Waals surface area contributed by atoms with E-state index in [0.717, 1.165) is 36.2 Å². The molecule has 0 radical (unpaired) electrons. The molecule has 2 N–H and O–H groups in total. The first-order chi connectivity index (χ1) is 10.6. The molecular formula is C16H22FN3OS. The molecule has 0 aliphatic heterocycles. The summed E-state index contributed by atoms with van der Waals surface area (Å²) in [5.41, 5.74) is 8.50. The zero-order chi connectivity index (χ0) is 16.4. The lowest BCUT2D eigenvalue weighted by Gasteiger charge is -2.07. The predicted octanol–water partition coefficient (Wildman–Crippen LogP) is 3.34. The number of aliphatic imine (C=N–C) groups is 1. The van der Waals surface area contributed by atoms with Crippen LogP contribution in [0.5, 0.6) is 0 Å². The standard InChI is InChI=1S/C16H22FN3OS/c1-19-15(11-16(18)21-2)10-9-14(20-22)8-5-12-3-6-13(17)7-4-12/h3-4,6-7,11,22H,5,8-10,18H2,1-2H3/b16-11?,19-15?,20-14-. The molecule has 6 heteroatoms. The summed E-state index contributed by atoms with van der Waals surface area (Å²) < 4.78 is 21.8. The fourth-order valence-corrected chi connectivity index (χ4v) is 2.11. The molecule has 0 aliphatic carbocycles. The summed E-state index contributed by atoms with van der Waals surface area (Å²) in [6.45, 7) is 0. The number of nitrogens with two attached hydrogens (primary N) is 1. The van der Waals surface area contributed by atoms with Crippen LogP contribution in [0.25, 0.3) is 0 Å². The maximum absolute atomic E-state index is 12.9. The molecule has 1 aromatic rings. The summed E-state index contributed by atoms with van der Waals surface area (Å²) in [7, 11) is 3.23. The molecule has 1 aromatic carbocycles. The van der Waals surface area contributed by atoms with Gasteiger partial charge in [0.05, 0.1) is 7.11 Å². The van der Waals surface area contributed by atoms with Crippen LogP contribution in [0.3, 0.4) is 0 Å². The zero-order valence-corrected chi connectivity index (χ0v) is 13.8. The number of ether oxygens (including phenoxy) is 1. The van der Waals surface area contributed by atoms with E-state index in [2.05, 4.69) is 22.2 Å². The first kappa shape index (κ1) is 18.2. The van der Waals surface area contributed by atoms with Gasteiger partial charge in [-0.05, 0) is 56.2 Å². The second kappa shape index (κ2) is 10.00. The zero-order valence-electron chi connectivity index (χ0n) is 12.9. The molecule has 0 spiro atoms. The van der Waals surface area contributed by atoms with Gasteiger partial charge in [-0.15, -0.1) is 0 Å². The molecule has 0 unspecified atom stereocenters. The Labute approximate surface area is 136 Å². The Morgan fingerprint density at radius 3 is 2.50 bits per heavy atom. The highest BCUT2D eigenvalue weighted by atomic mass is 32.1. The lowest BCUT2D eigenvalue weighted by atomic mass is 10.0. The lowest BCUT2D eigenvalue weighted by Crippen LogP contribution is -2.07. The molecule has 0 fully saturated rings. The second-order valence-corrected chi connectivity index (χ2v) is 4.96. The van der Waals surface area contributed by atoms with Crippen LogP contribution >= 0.6 is 12.8 Å². The highest BCUT2D eigenvalue weighted by molar-refractivity contribution is 7.79. The minimum absolute atomic E-state index is 0.224. The number of allylic oxidation sites excluding steroid dienone is 1. The van der Waals surface area contributed by atoms with Gasteiger partial charge >= 0.3 is 0 Å². The number of nitrogens with zero attached hydrogens (tertiary/aromatic N) is 2.